The van der Waals surface area contributed by atoms with Gasteiger partial charge in [-0.25, -0.2) is 4.79 Å². The molecule has 30 heavy (non-hydrogen) atoms. The van der Waals surface area contributed by atoms with Gasteiger partial charge in [-0.05, 0) is 35.6 Å². The summed E-state index contributed by atoms with van der Waals surface area (Å²) in [5.74, 6) is -0.397. The maximum absolute atomic E-state index is 13.1. The van der Waals surface area contributed by atoms with Crippen LogP contribution in [0.4, 0.5) is 5.69 Å². The van der Waals surface area contributed by atoms with E-state index in [1.807, 2.05) is 30.3 Å². The van der Waals surface area contributed by atoms with Crippen LogP contribution in [-0.4, -0.2) is 15.0 Å². The fourth-order valence-electron chi connectivity index (χ4n) is 3.26. The zero-order valence-corrected chi connectivity index (χ0v) is 17.4. The first-order valence-corrected chi connectivity index (χ1v) is 10.6. The number of fused-ring (bicyclic) bond motifs is 1. The smallest absolute Gasteiger partial charge is 0.323 e. The van der Waals surface area contributed by atoms with Crippen LogP contribution in [0, 0.1) is 0 Å². The third kappa shape index (κ3) is 4.08. The summed E-state index contributed by atoms with van der Waals surface area (Å²) in [6.07, 6.45) is 0.540. The summed E-state index contributed by atoms with van der Waals surface area (Å²) in [6, 6.07) is 18.2. The van der Waals surface area contributed by atoms with Gasteiger partial charge in [-0.15, -0.1) is 11.3 Å². The fraction of sp³-hybridized carbons (Fsp3) is 0.136. The summed E-state index contributed by atoms with van der Waals surface area (Å²) in [5, 5.41) is 4.87. The SMILES string of the molecule is O=C(Cn1c(=O)n(CCc2ccccc2)c(=O)c2sccc21)Nc1ccccc1Cl. The highest BCUT2D eigenvalue weighted by Crippen LogP contribution is 2.21. The number of aromatic nitrogens is 2. The molecule has 0 unspecified atom stereocenters. The average Bonchev–Trinajstić information content (AvgIpc) is 3.24. The van der Waals surface area contributed by atoms with Crippen LogP contribution in [-0.2, 0) is 24.3 Å². The lowest BCUT2D eigenvalue weighted by molar-refractivity contribution is -0.116. The van der Waals surface area contributed by atoms with E-state index in [1.54, 1.807) is 35.7 Å². The standard InChI is InChI=1S/C22H18ClN3O3S/c23-16-8-4-5-9-17(16)24-19(27)14-26-18-11-13-30-20(18)21(28)25(22(26)29)12-10-15-6-2-1-3-7-15/h1-9,11,13H,10,12,14H2,(H,24,27). The van der Waals surface area contributed by atoms with Gasteiger partial charge in [-0.2, -0.15) is 0 Å². The van der Waals surface area contributed by atoms with Crippen molar-refractivity contribution >= 4 is 44.7 Å². The molecule has 0 radical (unpaired) electrons. The van der Waals surface area contributed by atoms with E-state index in [1.165, 1.54) is 20.5 Å². The van der Waals surface area contributed by atoms with Gasteiger partial charge < -0.3 is 5.32 Å². The van der Waals surface area contributed by atoms with Crippen molar-refractivity contribution in [2.24, 2.45) is 0 Å². The van der Waals surface area contributed by atoms with Crippen molar-refractivity contribution in [3.8, 4) is 0 Å². The molecule has 0 spiro atoms. The predicted molar refractivity (Wildman–Crippen MR) is 121 cm³/mol. The second-order valence-electron chi connectivity index (χ2n) is 6.72. The molecule has 152 valence electrons. The minimum absolute atomic E-state index is 0.219. The molecule has 0 saturated carbocycles. The molecule has 2 heterocycles. The number of carbonyl (C=O) groups excluding carboxylic acids is 1. The van der Waals surface area contributed by atoms with Crippen molar-refractivity contribution in [3.63, 3.8) is 0 Å². The number of aryl methyl sites for hydroxylation is 1. The molecule has 0 bridgehead atoms. The van der Waals surface area contributed by atoms with Gasteiger partial charge in [0.2, 0.25) is 5.91 Å². The molecule has 1 amide bonds. The lowest BCUT2D eigenvalue weighted by Gasteiger charge is -2.13. The highest BCUT2D eigenvalue weighted by molar-refractivity contribution is 7.17. The number of thiophene rings is 1. The molecule has 0 fully saturated rings. The number of nitrogens with zero attached hydrogens (tertiary/aromatic N) is 2. The molecule has 0 aliphatic heterocycles. The van der Waals surface area contributed by atoms with Crippen LogP contribution < -0.4 is 16.6 Å². The molecule has 6 nitrogen and oxygen atoms in total. The molecule has 0 saturated heterocycles. The summed E-state index contributed by atoms with van der Waals surface area (Å²) in [5.41, 5.74) is 1.12. The number of halogens is 1. The van der Waals surface area contributed by atoms with Crippen molar-refractivity contribution in [1.82, 2.24) is 9.13 Å². The van der Waals surface area contributed by atoms with Gasteiger partial charge in [0.05, 0.1) is 16.2 Å². The number of carbonyl (C=O) groups is 1. The Labute approximate surface area is 181 Å². The van der Waals surface area contributed by atoms with Crippen LogP contribution in [0.2, 0.25) is 5.02 Å². The zero-order valence-electron chi connectivity index (χ0n) is 15.9. The normalized spacial score (nSPS) is 11.0. The monoisotopic (exact) mass is 439 g/mol. The van der Waals surface area contributed by atoms with Crippen LogP contribution in [0.25, 0.3) is 10.2 Å². The number of benzene rings is 2. The van der Waals surface area contributed by atoms with Gasteiger partial charge in [0.25, 0.3) is 5.56 Å². The van der Waals surface area contributed by atoms with E-state index in [9.17, 15) is 14.4 Å². The Kier molecular flexibility index (Phi) is 5.83. The number of rotatable bonds is 6. The summed E-state index contributed by atoms with van der Waals surface area (Å²) < 4.78 is 2.99. The second kappa shape index (κ2) is 8.69. The Balaban J connectivity index is 1.66. The summed E-state index contributed by atoms with van der Waals surface area (Å²) in [6.45, 7) is 0.0184. The Morgan fingerprint density at radius 1 is 0.967 bits per heavy atom. The Bertz CT molecular complexity index is 1320. The van der Waals surface area contributed by atoms with E-state index >= 15 is 0 Å². The predicted octanol–water partition coefficient (Wildman–Crippen LogP) is 3.76. The van der Waals surface area contributed by atoms with Gasteiger partial charge in [-0.1, -0.05) is 54.1 Å². The molecule has 8 heteroatoms. The molecule has 1 N–H and O–H groups in total. The van der Waals surface area contributed by atoms with Crippen LogP contribution >= 0.6 is 22.9 Å². The van der Waals surface area contributed by atoms with Crippen molar-refractivity contribution in [1.29, 1.82) is 0 Å². The molecule has 2 aromatic carbocycles. The second-order valence-corrected chi connectivity index (χ2v) is 8.05. The third-order valence-electron chi connectivity index (χ3n) is 4.75. The topological polar surface area (TPSA) is 73.1 Å². The lowest BCUT2D eigenvalue weighted by Crippen LogP contribution is -2.41. The first kappa shape index (κ1) is 20.1. The minimum Gasteiger partial charge on any atom is -0.323 e. The summed E-state index contributed by atoms with van der Waals surface area (Å²) in [7, 11) is 0. The summed E-state index contributed by atoms with van der Waals surface area (Å²) >= 11 is 7.36. The van der Waals surface area contributed by atoms with Crippen molar-refractivity contribution in [2.45, 2.75) is 19.5 Å². The molecule has 4 aromatic rings. The molecule has 4 rings (SSSR count). The fourth-order valence-corrected chi connectivity index (χ4v) is 4.29. The molecular weight excluding hydrogens is 422 g/mol. The van der Waals surface area contributed by atoms with E-state index in [-0.39, 0.29) is 18.6 Å². The molecule has 2 aromatic heterocycles. The maximum Gasteiger partial charge on any atom is 0.332 e. The number of nitrogens with one attached hydrogen (secondary N) is 1. The van der Waals surface area contributed by atoms with Gasteiger partial charge in [0.15, 0.2) is 0 Å². The lowest BCUT2D eigenvalue weighted by atomic mass is 10.1. The molecule has 0 aliphatic carbocycles. The molecular formula is C22H18ClN3O3S. The van der Waals surface area contributed by atoms with E-state index in [4.69, 9.17) is 11.6 Å². The zero-order chi connectivity index (χ0) is 21.1. The van der Waals surface area contributed by atoms with Crippen LogP contribution in [0.1, 0.15) is 5.56 Å². The average molecular weight is 440 g/mol. The first-order chi connectivity index (χ1) is 14.5. The number of amides is 1. The number of anilines is 1. The van der Waals surface area contributed by atoms with Crippen LogP contribution in [0.3, 0.4) is 0 Å². The highest BCUT2D eigenvalue weighted by Gasteiger charge is 2.17. The molecule has 0 atom stereocenters. The third-order valence-corrected chi connectivity index (χ3v) is 5.97. The molecule has 0 aliphatic rings. The largest absolute Gasteiger partial charge is 0.332 e. The van der Waals surface area contributed by atoms with Crippen LogP contribution in [0.15, 0.2) is 75.6 Å². The van der Waals surface area contributed by atoms with Crippen molar-refractivity contribution in [3.05, 3.63) is 97.5 Å². The van der Waals surface area contributed by atoms with E-state index < -0.39 is 11.6 Å². The van der Waals surface area contributed by atoms with E-state index in [2.05, 4.69) is 5.32 Å². The van der Waals surface area contributed by atoms with E-state index in [0.717, 1.165) is 5.56 Å². The quantitative estimate of drug-likeness (QED) is 0.497. The minimum atomic E-state index is -0.504. The highest BCUT2D eigenvalue weighted by atomic mass is 35.5. The Morgan fingerprint density at radius 3 is 2.47 bits per heavy atom. The van der Waals surface area contributed by atoms with Gasteiger partial charge in [0.1, 0.15) is 11.2 Å². The number of para-hydroxylation sites is 1. The van der Waals surface area contributed by atoms with Crippen LogP contribution in [0.5, 0.6) is 0 Å². The van der Waals surface area contributed by atoms with Gasteiger partial charge in [0, 0.05) is 6.54 Å². The van der Waals surface area contributed by atoms with Crippen molar-refractivity contribution in [2.75, 3.05) is 5.32 Å². The maximum atomic E-state index is 13.1. The Morgan fingerprint density at radius 2 is 1.70 bits per heavy atom. The number of hydrogen-bond donors (Lipinski definition) is 1. The van der Waals surface area contributed by atoms with E-state index in [0.29, 0.717) is 27.3 Å². The first-order valence-electron chi connectivity index (χ1n) is 9.34. The van der Waals surface area contributed by atoms with Gasteiger partial charge >= 0.3 is 5.69 Å². The number of hydrogen-bond acceptors (Lipinski definition) is 4. The Hall–Kier alpha value is -3.16. The summed E-state index contributed by atoms with van der Waals surface area (Å²) in [4.78, 5) is 38.6. The van der Waals surface area contributed by atoms with Crippen molar-refractivity contribution < 1.29 is 4.79 Å². The van der Waals surface area contributed by atoms with Gasteiger partial charge in [-0.3, -0.25) is 18.7 Å².